The molecule has 1 heterocycles. The molecular weight excluding hydrogens is 260 g/mol. The molecule has 112 valence electrons. The molecule has 0 radical (unpaired) electrons. The van der Waals surface area contributed by atoms with Gasteiger partial charge in [-0.25, -0.2) is 0 Å². The predicted molar refractivity (Wildman–Crippen MR) is 88.2 cm³/mol. The zero-order valence-electron chi connectivity index (χ0n) is 13.1. The fourth-order valence-electron chi connectivity index (χ4n) is 2.49. The van der Waals surface area contributed by atoms with Crippen molar-refractivity contribution < 1.29 is 0 Å². The first-order valence-electron chi connectivity index (χ1n) is 7.59. The summed E-state index contributed by atoms with van der Waals surface area (Å²) in [6, 6.07) is 12.3. The van der Waals surface area contributed by atoms with E-state index in [0.29, 0.717) is 18.0 Å². The topological polar surface area (TPSA) is 48.0 Å². The van der Waals surface area contributed by atoms with Crippen LogP contribution in [0.25, 0.3) is 11.3 Å². The minimum atomic E-state index is 0.0308. The highest BCUT2D eigenvalue weighted by molar-refractivity contribution is 5.60. The Bertz CT molecular complexity index is 654. The predicted octanol–water partition coefficient (Wildman–Crippen LogP) is 3.19. The Morgan fingerprint density at radius 1 is 1.10 bits per heavy atom. The van der Waals surface area contributed by atoms with E-state index < -0.39 is 0 Å². The third kappa shape index (κ3) is 3.42. The minimum absolute atomic E-state index is 0.0308. The highest BCUT2D eigenvalue weighted by Gasteiger charge is 2.11. The summed E-state index contributed by atoms with van der Waals surface area (Å²) in [7, 11) is 0. The third-order valence-electron chi connectivity index (χ3n) is 3.68. The highest BCUT2D eigenvalue weighted by Crippen LogP contribution is 2.20. The molecule has 2 rings (SSSR count). The van der Waals surface area contributed by atoms with Crippen molar-refractivity contribution in [3.05, 3.63) is 57.9 Å². The van der Waals surface area contributed by atoms with E-state index in [-0.39, 0.29) is 12.1 Å². The number of benzene rings is 1. The molecular formula is C18H24N2O. The molecule has 21 heavy (non-hydrogen) atoms. The van der Waals surface area contributed by atoms with E-state index in [9.17, 15) is 4.79 Å². The van der Waals surface area contributed by atoms with Gasteiger partial charge in [-0.05, 0) is 29.5 Å². The average molecular weight is 284 g/mol. The van der Waals surface area contributed by atoms with Gasteiger partial charge in [0.05, 0.1) is 5.69 Å². The SMILES string of the molecule is CCc1ccc(-c2ccc(CN)c(=O)n2CC(C)C)cc1. The Hall–Kier alpha value is -1.87. The van der Waals surface area contributed by atoms with Crippen LogP contribution in [0.15, 0.2) is 41.2 Å². The maximum atomic E-state index is 12.5. The number of rotatable bonds is 5. The lowest BCUT2D eigenvalue weighted by Crippen LogP contribution is -2.28. The van der Waals surface area contributed by atoms with E-state index >= 15 is 0 Å². The second kappa shape index (κ2) is 6.72. The largest absolute Gasteiger partial charge is 0.326 e. The standard InChI is InChI=1S/C18H24N2O/c1-4-14-5-7-15(8-6-14)17-10-9-16(11-19)18(21)20(17)12-13(2)3/h5-10,13H,4,11-12,19H2,1-3H3. The summed E-state index contributed by atoms with van der Waals surface area (Å²) in [5.41, 5.74) is 9.71. The van der Waals surface area contributed by atoms with Gasteiger partial charge in [0, 0.05) is 18.7 Å². The number of aromatic nitrogens is 1. The highest BCUT2D eigenvalue weighted by atomic mass is 16.1. The van der Waals surface area contributed by atoms with E-state index in [1.807, 2.05) is 16.7 Å². The molecule has 0 aliphatic carbocycles. The van der Waals surface area contributed by atoms with Crippen molar-refractivity contribution in [2.75, 3.05) is 0 Å². The van der Waals surface area contributed by atoms with Crippen LogP contribution in [0.1, 0.15) is 31.9 Å². The van der Waals surface area contributed by atoms with Crippen molar-refractivity contribution in [2.24, 2.45) is 11.7 Å². The zero-order chi connectivity index (χ0) is 15.4. The second-order valence-corrected chi connectivity index (χ2v) is 5.81. The fourth-order valence-corrected chi connectivity index (χ4v) is 2.49. The molecule has 1 aromatic carbocycles. The molecule has 3 heteroatoms. The molecule has 0 aliphatic rings. The second-order valence-electron chi connectivity index (χ2n) is 5.81. The molecule has 0 bridgehead atoms. The van der Waals surface area contributed by atoms with Crippen LogP contribution in [-0.4, -0.2) is 4.57 Å². The number of nitrogens with zero attached hydrogens (tertiary/aromatic N) is 1. The Morgan fingerprint density at radius 2 is 1.76 bits per heavy atom. The number of hydrogen-bond donors (Lipinski definition) is 1. The number of nitrogens with two attached hydrogens (primary N) is 1. The number of pyridine rings is 1. The first-order chi connectivity index (χ1) is 10.1. The molecule has 2 aromatic rings. The van der Waals surface area contributed by atoms with Crippen LogP contribution in [0, 0.1) is 5.92 Å². The first-order valence-corrected chi connectivity index (χ1v) is 7.59. The molecule has 0 unspecified atom stereocenters. The van der Waals surface area contributed by atoms with Gasteiger partial charge in [0.25, 0.3) is 5.56 Å². The molecule has 0 saturated carbocycles. The summed E-state index contributed by atoms with van der Waals surface area (Å²) >= 11 is 0. The Kier molecular flexibility index (Phi) is 4.97. The van der Waals surface area contributed by atoms with Crippen LogP contribution in [0.4, 0.5) is 0 Å². The van der Waals surface area contributed by atoms with Gasteiger partial charge in [-0.2, -0.15) is 0 Å². The zero-order valence-corrected chi connectivity index (χ0v) is 13.1. The molecule has 1 aromatic heterocycles. The van der Waals surface area contributed by atoms with Crippen molar-refractivity contribution in [3.8, 4) is 11.3 Å². The average Bonchev–Trinajstić information content (AvgIpc) is 2.49. The fraction of sp³-hybridized carbons (Fsp3) is 0.389. The van der Waals surface area contributed by atoms with Gasteiger partial charge in [-0.3, -0.25) is 4.79 Å². The van der Waals surface area contributed by atoms with E-state index in [0.717, 1.165) is 17.7 Å². The van der Waals surface area contributed by atoms with Gasteiger partial charge in [0.15, 0.2) is 0 Å². The molecule has 0 amide bonds. The molecule has 3 nitrogen and oxygen atoms in total. The van der Waals surface area contributed by atoms with Crippen LogP contribution in [-0.2, 0) is 19.5 Å². The smallest absolute Gasteiger partial charge is 0.255 e. The van der Waals surface area contributed by atoms with Gasteiger partial charge in [0.2, 0.25) is 0 Å². The lowest BCUT2D eigenvalue weighted by atomic mass is 10.1. The van der Waals surface area contributed by atoms with Gasteiger partial charge < -0.3 is 10.3 Å². The Morgan fingerprint density at radius 3 is 2.29 bits per heavy atom. The summed E-state index contributed by atoms with van der Waals surface area (Å²) in [5, 5.41) is 0. The molecule has 0 fully saturated rings. The van der Waals surface area contributed by atoms with Crippen molar-refractivity contribution in [1.82, 2.24) is 4.57 Å². The van der Waals surface area contributed by atoms with Crippen LogP contribution in [0.2, 0.25) is 0 Å². The van der Waals surface area contributed by atoms with E-state index in [4.69, 9.17) is 5.73 Å². The van der Waals surface area contributed by atoms with Crippen molar-refractivity contribution in [1.29, 1.82) is 0 Å². The van der Waals surface area contributed by atoms with Crippen LogP contribution in [0.5, 0.6) is 0 Å². The first kappa shape index (κ1) is 15.5. The van der Waals surface area contributed by atoms with Crippen LogP contribution in [0.3, 0.4) is 0 Å². The molecule has 0 saturated heterocycles. The van der Waals surface area contributed by atoms with Crippen LogP contribution < -0.4 is 11.3 Å². The van der Waals surface area contributed by atoms with Crippen LogP contribution >= 0.6 is 0 Å². The molecule has 0 aliphatic heterocycles. The summed E-state index contributed by atoms with van der Waals surface area (Å²) < 4.78 is 1.85. The summed E-state index contributed by atoms with van der Waals surface area (Å²) in [6.07, 6.45) is 1.02. The van der Waals surface area contributed by atoms with Crippen molar-refractivity contribution in [3.63, 3.8) is 0 Å². The monoisotopic (exact) mass is 284 g/mol. The molecule has 2 N–H and O–H groups in total. The number of hydrogen-bond acceptors (Lipinski definition) is 2. The van der Waals surface area contributed by atoms with E-state index in [2.05, 4.69) is 45.0 Å². The Labute approximate surface area is 126 Å². The van der Waals surface area contributed by atoms with Gasteiger partial charge in [-0.1, -0.05) is 51.1 Å². The maximum absolute atomic E-state index is 12.5. The van der Waals surface area contributed by atoms with E-state index in [1.54, 1.807) is 0 Å². The third-order valence-corrected chi connectivity index (χ3v) is 3.68. The maximum Gasteiger partial charge on any atom is 0.255 e. The minimum Gasteiger partial charge on any atom is -0.326 e. The number of aryl methyl sites for hydroxylation is 1. The van der Waals surface area contributed by atoms with Gasteiger partial charge in [-0.15, -0.1) is 0 Å². The molecule has 0 spiro atoms. The lowest BCUT2D eigenvalue weighted by molar-refractivity contribution is 0.512. The van der Waals surface area contributed by atoms with Crippen molar-refractivity contribution in [2.45, 2.75) is 40.3 Å². The van der Waals surface area contributed by atoms with Gasteiger partial charge in [0.1, 0.15) is 0 Å². The normalized spacial score (nSPS) is 11.1. The van der Waals surface area contributed by atoms with Crippen molar-refractivity contribution >= 4 is 0 Å². The summed E-state index contributed by atoms with van der Waals surface area (Å²) in [4.78, 5) is 12.5. The quantitative estimate of drug-likeness (QED) is 0.916. The molecule has 0 atom stereocenters. The summed E-state index contributed by atoms with van der Waals surface area (Å²) in [6.45, 7) is 7.36. The lowest BCUT2D eigenvalue weighted by Gasteiger charge is -2.16. The summed E-state index contributed by atoms with van der Waals surface area (Å²) in [5.74, 6) is 0.407. The Balaban J connectivity index is 2.55. The van der Waals surface area contributed by atoms with E-state index in [1.165, 1.54) is 5.56 Å². The van der Waals surface area contributed by atoms with Gasteiger partial charge >= 0.3 is 0 Å².